The van der Waals surface area contributed by atoms with E-state index in [0.717, 1.165) is 31.8 Å². The summed E-state index contributed by atoms with van der Waals surface area (Å²) in [5, 5.41) is 3.19. The molecule has 1 N–H and O–H groups in total. The van der Waals surface area contributed by atoms with Gasteiger partial charge in [0.15, 0.2) is 6.10 Å². The van der Waals surface area contributed by atoms with E-state index in [1.54, 1.807) is 0 Å². The first-order chi connectivity index (χ1) is 10.8. The highest BCUT2D eigenvalue weighted by Gasteiger charge is 2.29. The number of ether oxygens (including phenoxy) is 1. The third-order valence-corrected chi connectivity index (χ3v) is 4.47. The van der Waals surface area contributed by atoms with Gasteiger partial charge in [0.1, 0.15) is 5.75 Å². The summed E-state index contributed by atoms with van der Waals surface area (Å²) in [7, 11) is 1.96. The fourth-order valence-corrected chi connectivity index (χ4v) is 3.03. The van der Waals surface area contributed by atoms with Gasteiger partial charge in [-0.25, -0.2) is 0 Å². The molecule has 2 atom stereocenters. The smallest absolute Gasteiger partial charge is 0.263 e. The Morgan fingerprint density at radius 1 is 1.35 bits per heavy atom. The Hall–Kier alpha value is -1.55. The van der Waals surface area contributed by atoms with E-state index in [2.05, 4.69) is 38.2 Å². The van der Waals surface area contributed by atoms with Crippen molar-refractivity contribution in [2.45, 2.75) is 45.6 Å². The molecule has 23 heavy (non-hydrogen) atoms. The maximum Gasteiger partial charge on any atom is 0.263 e. The highest BCUT2D eigenvalue weighted by atomic mass is 16.5. The fraction of sp³-hybridized carbons (Fsp3) is 0.632. The quantitative estimate of drug-likeness (QED) is 0.908. The van der Waals surface area contributed by atoms with Crippen molar-refractivity contribution >= 4 is 5.91 Å². The number of carbonyl (C=O) groups excluding carboxylic acids is 1. The Bertz CT molecular complexity index is 519. The van der Waals surface area contributed by atoms with Crippen LogP contribution in [0.5, 0.6) is 5.75 Å². The summed E-state index contributed by atoms with van der Waals surface area (Å²) < 4.78 is 5.84. The Balaban J connectivity index is 1.91. The average molecular weight is 318 g/mol. The van der Waals surface area contributed by atoms with Crippen LogP contribution in [0.2, 0.25) is 0 Å². The largest absolute Gasteiger partial charge is 0.481 e. The van der Waals surface area contributed by atoms with E-state index in [9.17, 15) is 4.79 Å². The zero-order valence-corrected chi connectivity index (χ0v) is 15.1. The first kappa shape index (κ1) is 17.8. The first-order valence-corrected chi connectivity index (χ1v) is 8.52. The zero-order chi connectivity index (χ0) is 17.0. The van der Waals surface area contributed by atoms with E-state index in [-0.39, 0.29) is 11.3 Å². The van der Waals surface area contributed by atoms with E-state index in [1.807, 2.05) is 31.0 Å². The molecular weight excluding hydrogens is 288 g/mol. The van der Waals surface area contributed by atoms with E-state index in [0.29, 0.717) is 5.92 Å². The summed E-state index contributed by atoms with van der Waals surface area (Å²) >= 11 is 0. The van der Waals surface area contributed by atoms with Gasteiger partial charge in [0.05, 0.1) is 0 Å². The molecule has 0 bridgehead atoms. The van der Waals surface area contributed by atoms with Gasteiger partial charge in [-0.2, -0.15) is 0 Å². The van der Waals surface area contributed by atoms with Crippen molar-refractivity contribution in [1.82, 2.24) is 10.2 Å². The van der Waals surface area contributed by atoms with Gasteiger partial charge in [0, 0.05) is 13.1 Å². The molecule has 2 rings (SSSR count). The number of nitrogens with one attached hydrogen (secondary N) is 1. The summed E-state index contributed by atoms with van der Waals surface area (Å²) in [4.78, 5) is 14.4. The molecule has 0 spiro atoms. The number of likely N-dealkylation sites (tertiary alicyclic amines) is 1. The Morgan fingerprint density at radius 3 is 2.57 bits per heavy atom. The van der Waals surface area contributed by atoms with Crippen LogP contribution in [0.15, 0.2) is 24.3 Å². The Kier molecular flexibility index (Phi) is 5.69. The van der Waals surface area contributed by atoms with Crippen LogP contribution in [-0.2, 0) is 10.2 Å². The van der Waals surface area contributed by atoms with E-state index < -0.39 is 6.10 Å². The molecule has 1 aliphatic rings. The zero-order valence-electron chi connectivity index (χ0n) is 15.1. The van der Waals surface area contributed by atoms with E-state index in [1.165, 1.54) is 5.56 Å². The lowest BCUT2D eigenvalue weighted by atomic mass is 9.87. The molecule has 1 fully saturated rings. The third-order valence-electron chi connectivity index (χ3n) is 4.47. The highest BCUT2D eigenvalue weighted by molar-refractivity contribution is 5.81. The van der Waals surface area contributed by atoms with Crippen molar-refractivity contribution < 1.29 is 9.53 Å². The van der Waals surface area contributed by atoms with Crippen LogP contribution in [-0.4, -0.2) is 43.6 Å². The van der Waals surface area contributed by atoms with Crippen LogP contribution >= 0.6 is 0 Å². The summed E-state index contributed by atoms with van der Waals surface area (Å²) in [6.45, 7) is 11.0. The fourth-order valence-electron chi connectivity index (χ4n) is 3.03. The van der Waals surface area contributed by atoms with Crippen molar-refractivity contribution in [1.29, 1.82) is 0 Å². The second-order valence-electron chi connectivity index (χ2n) is 7.53. The lowest BCUT2D eigenvalue weighted by molar-refractivity contribution is -0.137. The van der Waals surface area contributed by atoms with Gasteiger partial charge in [0.2, 0.25) is 0 Å². The molecule has 1 aromatic carbocycles. The van der Waals surface area contributed by atoms with Gasteiger partial charge >= 0.3 is 0 Å². The van der Waals surface area contributed by atoms with Gasteiger partial charge in [-0.15, -0.1) is 0 Å². The number of nitrogens with zero attached hydrogens (tertiary/aromatic N) is 1. The minimum absolute atomic E-state index is 0.0866. The Morgan fingerprint density at radius 2 is 2.00 bits per heavy atom. The maximum absolute atomic E-state index is 12.5. The number of amides is 1. The summed E-state index contributed by atoms with van der Waals surface area (Å²) in [5.41, 5.74) is 1.39. The standard InChI is InChI=1S/C19H30N2O2/c1-14(18(22)21-11-10-15(13-21)12-20-5)23-17-8-6-16(7-9-17)19(2,3)4/h6-9,14-15,20H,10-13H2,1-5H3. The summed E-state index contributed by atoms with van der Waals surface area (Å²) in [6.07, 6.45) is 0.628. The average Bonchev–Trinajstić information content (AvgIpc) is 2.95. The van der Waals surface area contributed by atoms with E-state index in [4.69, 9.17) is 4.74 Å². The minimum Gasteiger partial charge on any atom is -0.481 e. The van der Waals surface area contributed by atoms with E-state index >= 15 is 0 Å². The molecule has 4 heteroatoms. The number of benzene rings is 1. The molecule has 4 nitrogen and oxygen atoms in total. The topological polar surface area (TPSA) is 41.6 Å². The molecule has 1 aliphatic heterocycles. The molecule has 0 radical (unpaired) electrons. The summed E-state index contributed by atoms with van der Waals surface area (Å²) in [6, 6.07) is 8.06. The molecule has 1 heterocycles. The van der Waals surface area contributed by atoms with Crippen molar-refractivity contribution in [3.8, 4) is 5.75 Å². The number of hydrogen-bond acceptors (Lipinski definition) is 3. The molecule has 2 unspecified atom stereocenters. The molecule has 1 saturated heterocycles. The second-order valence-corrected chi connectivity index (χ2v) is 7.53. The molecule has 0 aromatic heterocycles. The molecule has 1 aromatic rings. The molecule has 1 amide bonds. The van der Waals surface area contributed by atoms with Crippen LogP contribution in [0.1, 0.15) is 39.7 Å². The van der Waals surface area contributed by atoms with Crippen LogP contribution < -0.4 is 10.1 Å². The lowest BCUT2D eigenvalue weighted by Crippen LogP contribution is -2.39. The van der Waals surface area contributed by atoms with Crippen molar-refractivity contribution in [3.63, 3.8) is 0 Å². The monoisotopic (exact) mass is 318 g/mol. The van der Waals surface area contributed by atoms with Crippen LogP contribution in [0.4, 0.5) is 0 Å². The second kappa shape index (κ2) is 7.35. The van der Waals surface area contributed by atoms with Gasteiger partial charge in [-0.05, 0) is 56.0 Å². The summed E-state index contributed by atoms with van der Waals surface area (Å²) in [5.74, 6) is 1.40. The van der Waals surface area contributed by atoms with Crippen LogP contribution in [0, 0.1) is 5.92 Å². The van der Waals surface area contributed by atoms with Crippen LogP contribution in [0.3, 0.4) is 0 Å². The highest BCUT2D eigenvalue weighted by Crippen LogP contribution is 2.25. The van der Waals surface area contributed by atoms with Gasteiger partial charge < -0.3 is 15.0 Å². The maximum atomic E-state index is 12.5. The molecular formula is C19H30N2O2. The molecule has 0 aliphatic carbocycles. The van der Waals surface area contributed by atoms with Gasteiger partial charge in [0.25, 0.3) is 5.91 Å². The molecule has 0 saturated carbocycles. The third kappa shape index (κ3) is 4.71. The Labute approximate surface area is 140 Å². The van der Waals surface area contributed by atoms with Gasteiger partial charge in [-0.1, -0.05) is 32.9 Å². The molecule has 128 valence electrons. The van der Waals surface area contributed by atoms with Crippen LogP contribution in [0.25, 0.3) is 0 Å². The van der Waals surface area contributed by atoms with Gasteiger partial charge in [-0.3, -0.25) is 4.79 Å². The van der Waals surface area contributed by atoms with Crippen molar-refractivity contribution in [3.05, 3.63) is 29.8 Å². The predicted molar refractivity (Wildman–Crippen MR) is 93.8 cm³/mol. The normalized spacial score (nSPS) is 19.7. The van der Waals surface area contributed by atoms with Crippen molar-refractivity contribution in [2.75, 3.05) is 26.7 Å². The lowest BCUT2D eigenvalue weighted by Gasteiger charge is -2.23. The SMILES string of the molecule is CNCC1CCN(C(=O)C(C)Oc2ccc(C(C)(C)C)cc2)C1. The first-order valence-electron chi connectivity index (χ1n) is 8.52. The minimum atomic E-state index is -0.441. The predicted octanol–water partition coefficient (Wildman–Crippen LogP) is 2.82. The number of carbonyl (C=O) groups is 1. The van der Waals surface area contributed by atoms with Crippen molar-refractivity contribution in [2.24, 2.45) is 5.92 Å². The number of rotatable bonds is 5. The number of hydrogen-bond donors (Lipinski definition) is 1.